The Hall–Kier alpha value is -1.75. The molecule has 0 fully saturated rings. The van der Waals surface area contributed by atoms with Crippen LogP contribution in [0.25, 0.3) is 6.08 Å². The van der Waals surface area contributed by atoms with Gasteiger partial charge in [-0.25, -0.2) is 0 Å². The van der Waals surface area contributed by atoms with Gasteiger partial charge >= 0.3 is 0 Å². The average Bonchev–Trinajstić information content (AvgIpc) is 2.15. The van der Waals surface area contributed by atoms with Crippen molar-refractivity contribution in [2.45, 2.75) is 0 Å². The average molecular weight is 158 g/mol. The van der Waals surface area contributed by atoms with Gasteiger partial charge in [-0.05, 0) is 23.8 Å². The first kappa shape index (κ1) is 8.35. The van der Waals surface area contributed by atoms with Crippen molar-refractivity contribution in [1.29, 1.82) is 5.26 Å². The molecule has 1 aromatic rings. The van der Waals surface area contributed by atoms with Gasteiger partial charge in [-0.3, -0.25) is 0 Å². The maximum Gasteiger partial charge on any atom is 0.118 e. The predicted octanol–water partition coefficient (Wildman–Crippen LogP) is 2.04. The fourth-order valence-corrected chi connectivity index (χ4v) is 0.816. The Morgan fingerprint density at radius 3 is 2.50 bits per heavy atom. The molecule has 0 heterocycles. The zero-order chi connectivity index (χ0) is 8.81. The van der Waals surface area contributed by atoms with Gasteiger partial charge in [-0.1, -0.05) is 12.1 Å². The maximum atomic E-state index is 8.21. The molecule has 0 aliphatic carbocycles. The number of hydrogen-bond acceptors (Lipinski definition) is 2. The van der Waals surface area contributed by atoms with E-state index in [0.717, 1.165) is 11.3 Å². The lowest BCUT2D eigenvalue weighted by Gasteiger charge is -1.97. The van der Waals surface area contributed by atoms with E-state index in [-0.39, 0.29) is 0 Å². The van der Waals surface area contributed by atoms with Gasteiger partial charge in [0.15, 0.2) is 0 Å². The van der Waals surface area contributed by atoms with Crippen LogP contribution in [-0.2, 0) is 0 Å². The summed E-state index contributed by atoms with van der Waals surface area (Å²) < 4.78 is 4.97. The lowest BCUT2D eigenvalue weighted by Crippen LogP contribution is -1.81. The Morgan fingerprint density at radius 1 is 1.33 bits per heavy atom. The molecule has 0 bridgehead atoms. The van der Waals surface area contributed by atoms with Crippen molar-refractivity contribution in [1.82, 2.24) is 0 Å². The summed E-state index contributed by atoms with van der Waals surface area (Å²) >= 11 is 0. The van der Waals surface area contributed by atoms with Gasteiger partial charge in [0.05, 0.1) is 13.2 Å². The fraction of sp³-hybridized carbons (Fsp3) is 0.100. The summed E-state index contributed by atoms with van der Waals surface area (Å²) in [5.41, 5.74) is 0.942. The van der Waals surface area contributed by atoms with E-state index in [0.29, 0.717) is 0 Å². The van der Waals surface area contributed by atoms with Crippen LogP contribution in [0.3, 0.4) is 0 Å². The molecule has 2 heteroatoms. The van der Waals surface area contributed by atoms with Gasteiger partial charge in [-0.15, -0.1) is 0 Å². The molecule has 0 unspecified atom stereocenters. The third kappa shape index (κ3) is 2.14. The summed E-state index contributed by atoms with van der Waals surface area (Å²) in [5, 5.41) is 8.21. The molecule has 59 valence electrons. The van der Waals surface area contributed by atoms with Crippen molar-refractivity contribution in [3.05, 3.63) is 35.9 Å². The highest BCUT2D eigenvalue weighted by Gasteiger charge is 1.88. The maximum absolute atomic E-state index is 8.21. The molecule has 2 nitrogen and oxygen atoms in total. The van der Waals surface area contributed by atoms with Crippen LogP contribution in [0.4, 0.5) is 0 Å². The van der Waals surface area contributed by atoms with Crippen molar-refractivity contribution in [2.75, 3.05) is 7.11 Å². The second kappa shape index (κ2) is 4.20. The summed E-state index contributed by atoms with van der Waals surface area (Å²) in [6.45, 7) is 0. The minimum Gasteiger partial charge on any atom is -0.497 e. The van der Waals surface area contributed by atoms with Gasteiger partial charge < -0.3 is 4.74 Å². The van der Waals surface area contributed by atoms with Gasteiger partial charge in [0, 0.05) is 0 Å². The van der Waals surface area contributed by atoms with Crippen molar-refractivity contribution in [3.8, 4) is 11.8 Å². The van der Waals surface area contributed by atoms with Crippen LogP contribution >= 0.6 is 0 Å². The molecule has 0 N–H and O–H groups in total. The molecule has 0 aliphatic rings. The smallest absolute Gasteiger partial charge is 0.118 e. The molecule has 0 atom stereocenters. The summed E-state index contributed by atoms with van der Waals surface area (Å²) in [7, 11) is 1.62. The number of allylic oxidation sites excluding steroid dienone is 1. The van der Waals surface area contributed by atoms with Gasteiger partial charge in [0.25, 0.3) is 0 Å². The number of methoxy groups -OCH3 is 1. The number of ether oxygens (including phenoxy) is 1. The number of rotatable bonds is 2. The van der Waals surface area contributed by atoms with Crippen molar-refractivity contribution >= 4 is 6.08 Å². The number of hydrogen-bond donors (Lipinski definition) is 0. The van der Waals surface area contributed by atoms with Gasteiger partial charge in [0.1, 0.15) is 11.8 Å². The van der Waals surface area contributed by atoms with Crippen molar-refractivity contribution in [3.63, 3.8) is 0 Å². The minimum atomic E-state index is 0.809. The molecule has 0 aliphatic heterocycles. The number of nitriles is 1. The molecular formula is C10H8NO. The Kier molecular flexibility index (Phi) is 2.92. The highest BCUT2D eigenvalue weighted by molar-refractivity contribution is 5.50. The molecule has 0 amide bonds. The van der Waals surface area contributed by atoms with Crippen molar-refractivity contribution in [2.24, 2.45) is 0 Å². The van der Waals surface area contributed by atoms with E-state index in [1.54, 1.807) is 13.2 Å². The molecule has 1 aromatic carbocycles. The van der Waals surface area contributed by atoms with Crippen LogP contribution in [0.1, 0.15) is 5.56 Å². The monoisotopic (exact) mass is 158 g/mol. The fourth-order valence-electron chi connectivity index (χ4n) is 0.816. The lowest BCUT2D eigenvalue weighted by atomic mass is 10.2. The molecule has 1 radical (unpaired) electrons. The van der Waals surface area contributed by atoms with Gasteiger partial charge in [0.2, 0.25) is 0 Å². The zero-order valence-corrected chi connectivity index (χ0v) is 6.74. The van der Waals surface area contributed by atoms with Gasteiger partial charge in [-0.2, -0.15) is 5.26 Å². The summed E-state index contributed by atoms with van der Waals surface area (Å²) in [6, 6.07) is 9.21. The Balaban J connectivity index is 2.79. The lowest BCUT2D eigenvalue weighted by molar-refractivity contribution is 0.415. The number of benzene rings is 1. The van der Waals surface area contributed by atoms with Crippen LogP contribution < -0.4 is 4.74 Å². The molecule has 1 rings (SSSR count). The summed E-state index contributed by atoms with van der Waals surface area (Å²) in [4.78, 5) is 0. The zero-order valence-electron chi connectivity index (χ0n) is 6.74. The molecule has 0 saturated carbocycles. The third-order valence-corrected chi connectivity index (χ3v) is 1.42. The second-order valence-corrected chi connectivity index (χ2v) is 2.17. The number of nitrogens with zero attached hydrogens (tertiary/aromatic N) is 1. The van der Waals surface area contributed by atoms with E-state index in [1.165, 1.54) is 0 Å². The van der Waals surface area contributed by atoms with Crippen LogP contribution in [0, 0.1) is 17.4 Å². The SMILES string of the molecule is COc1ccc(/C=[C]\C#N)cc1. The minimum absolute atomic E-state index is 0.809. The first-order chi connectivity index (χ1) is 5.86. The van der Waals surface area contributed by atoms with Crippen LogP contribution in [0.15, 0.2) is 24.3 Å². The quantitative estimate of drug-likeness (QED) is 0.617. The van der Waals surface area contributed by atoms with E-state index in [2.05, 4.69) is 6.08 Å². The first-order valence-corrected chi connectivity index (χ1v) is 3.48. The van der Waals surface area contributed by atoms with E-state index in [1.807, 2.05) is 30.3 Å². The van der Waals surface area contributed by atoms with Crippen LogP contribution in [0.2, 0.25) is 0 Å². The molecule has 0 saturated heterocycles. The second-order valence-electron chi connectivity index (χ2n) is 2.17. The highest BCUT2D eigenvalue weighted by Crippen LogP contribution is 2.11. The normalized spacial score (nSPS) is 9.67. The highest BCUT2D eigenvalue weighted by atomic mass is 16.5. The first-order valence-electron chi connectivity index (χ1n) is 3.48. The summed E-state index contributed by atoms with van der Waals surface area (Å²) in [6.07, 6.45) is 4.07. The Bertz CT molecular complexity index is 306. The molecule has 0 aromatic heterocycles. The van der Waals surface area contributed by atoms with E-state index in [9.17, 15) is 0 Å². The van der Waals surface area contributed by atoms with E-state index in [4.69, 9.17) is 10.00 Å². The van der Waals surface area contributed by atoms with E-state index >= 15 is 0 Å². The predicted molar refractivity (Wildman–Crippen MR) is 46.3 cm³/mol. The summed E-state index contributed by atoms with van der Waals surface area (Å²) in [5.74, 6) is 0.809. The van der Waals surface area contributed by atoms with Crippen LogP contribution in [-0.4, -0.2) is 7.11 Å². The topological polar surface area (TPSA) is 33.0 Å². The van der Waals surface area contributed by atoms with Crippen LogP contribution in [0.5, 0.6) is 5.75 Å². The Labute approximate surface area is 71.7 Å². The van der Waals surface area contributed by atoms with E-state index < -0.39 is 0 Å². The van der Waals surface area contributed by atoms with Crippen molar-refractivity contribution < 1.29 is 4.74 Å². The molecule has 12 heavy (non-hydrogen) atoms. The third-order valence-electron chi connectivity index (χ3n) is 1.42. The molecule has 0 spiro atoms. The largest absolute Gasteiger partial charge is 0.497 e. The standard InChI is InChI=1S/C10H8NO/c1-12-10-6-4-9(5-7-10)3-2-8-11/h3-7H,1H3. The Morgan fingerprint density at radius 2 is 2.00 bits per heavy atom. The molecular weight excluding hydrogens is 150 g/mol.